The molecule has 1 rings (SSSR count). The maximum absolute atomic E-state index is 12.5. The van der Waals surface area contributed by atoms with Crippen LogP contribution in [0.2, 0.25) is 0 Å². The maximum Gasteiger partial charge on any atom is 0.139 e. The first-order valence-electron chi connectivity index (χ1n) is 3.13. The monoisotopic (exact) mass is 137 g/mol. The van der Waals surface area contributed by atoms with Gasteiger partial charge in [-0.2, -0.15) is 0 Å². The van der Waals surface area contributed by atoms with Crippen molar-refractivity contribution in [2.45, 2.75) is 6.92 Å². The summed E-state index contributed by atoms with van der Waals surface area (Å²) in [7, 11) is 1.84. The lowest BCUT2D eigenvalue weighted by Gasteiger charge is -2.02. The Balaban J connectivity index is 3.31. The molecule has 1 aromatic carbocycles. The van der Waals surface area contributed by atoms with Gasteiger partial charge in [0.15, 0.2) is 0 Å². The number of hydrogen-bond acceptors (Lipinski definition) is 1. The summed E-state index contributed by atoms with van der Waals surface area (Å²) in [6.07, 6.45) is 0. The highest BCUT2D eigenvalue weighted by Gasteiger charge is 1.98. The van der Waals surface area contributed by atoms with Crippen LogP contribution in [-0.2, 0) is 0 Å². The molecule has 1 aromatic rings. The second-order valence-electron chi connectivity index (χ2n) is 2.44. The highest BCUT2D eigenvalue weighted by molar-refractivity contribution is 6.33. The fourth-order valence-corrected chi connectivity index (χ4v) is 0.841. The molecule has 0 aliphatic heterocycles. The fraction of sp³-hybridized carbons (Fsp3) is 0.143. The number of halogens is 1. The summed E-state index contributed by atoms with van der Waals surface area (Å²) in [5.74, 6) is -0.263. The molecular formula is C7H9BFN. The van der Waals surface area contributed by atoms with Crippen molar-refractivity contribution in [2.24, 2.45) is 0 Å². The summed E-state index contributed by atoms with van der Waals surface area (Å²) in [4.78, 5) is 0. The number of nitrogen functional groups attached to an aromatic ring is 1. The van der Waals surface area contributed by atoms with Crippen LogP contribution < -0.4 is 11.2 Å². The standard InChI is InChI=1S/C7H9BFN/c1-4-6(8)2-5(9)3-7(4)10/h2-3H,8,10H2,1H3. The van der Waals surface area contributed by atoms with E-state index in [0.717, 1.165) is 11.0 Å². The maximum atomic E-state index is 12.5. The third-order valence-corrected chi connectivity index (χ3v) is 1.67. The van der Waals surface area contributed by atoms with Crippen molar-refractivity contribution in [1.82, 2.24) is 0 Å². The van der Waals surface area contributed by atoms with Crippen LogP contribution in [0.1, 0.15) is 5.56 Å². The van der Waals surface area contributed by atoms with Crippen molar-refractivity contribution in [3.63, 3.8) is 0 Å². The number of hydrogen-bond donors (Lipinski definition) is 1. The van der Waals surface area contributed by atoms with Gasteiger partial charge in [0.05, 0.1) is 0 Å². The molecule has 0 atom stereocenters. The molecule has 0 spiro atoms. The van der Waals surface area contributed by atoms with E-state index in [1.807, 2.05) is 14.8 Å². The van der Waals surface area contributed by atoms with E-state index in [1.165, 1.54) is 12.1 Å². The lowest BCUT2D eigenvalue weighted by Crippen LogP contribution is -2.10. The Morgan fingerprint density at radius 2 is 2.10 bits per heavy atom. The minimum atomic E-state index is -0.263. The van der Waals surface area contributed by atoms with Gasteiger partial charge in [-0.1, -0.05) is 5.46 Å². The Bertz CT molecular complexity index is 237. The van der Waals surface area contributed by atoms with Gasteiger partial charge in [-0.05, 0) is 24.6 Å². The number of rotatable bonds is 0. The molecular weight excluding hydrogens is 128 g/mol. The van der Waals surface area contributed by atoms with Crippen LogP contribution in [-0.4, -0.2) is 7.85 Å². The van der Waals surface area contributed by atoms with Gasteiger partial charge < -0.3 is 5.73 Å². The molecule has 0 fully saturated rings. The van der Waals surface area contributed by atoms with Crippen molar-refractivity contribution >= 4 is 19.0 Å². The molecule has 3 heteroatoms. The highest BCUT2D eigenvalue weighted by Crippen LogP contribution is 2.08. The molecule has 0 aliphatic rings. The lowest BCUT2D eigenvalue weighted by molar-refractivity contribution is 0.629. The number of benzene rings is 1. The van der Waals surface area contributed by atoms with Gasteiger partial charge in [-0.3, -0.25) is 0 Å². The first-order chi connectivity index (χ1) is 4.61. The van der Waals surface area contributed by atoms with Crippen LogP contribution in [0.25, 0.3) is 0 Å². The van der Waals surface area contributed by atoms with Crippen molar-refractivity contribution in [1.29, 1.82) is 0 Å². The van der Waals surface area contributed by atoms with Crippen LogP contribution in [0.5, 0.6) is 0 Å². The zero-order valence-electron chi connectivity index (χ0n) is 6.11. The second kappa shape index (κ2) is 2.33. The summed E-state index contributed by atoms with van der Waals surface area (Å²) >= 11 is 0. The molecule has 52 valence electrons. The Labute approximate surface area is 60.5 Å². The van der Waals surface area contributed by atoms with Gasteiger partial charge in [0.2, 0.25) is 0 Å². The Hall–Kier alpha value is -0.985. The van der Waals surface area contributed by atoms with Gasteiger partial charge >= 0.3 is 0 Å². The van der Waals surface area contributed by atoms with E-state index in [-0.39, 0.29) is 5.82 Å². The molecule has 0 amide bonds. The second-order valence-corrected chi connectivity index (χ2v) is 2.44. The van der Waals surface area contributed by atoms with E-state index < -0.39 is 0 Å². The van der Waals surface area contributed by atoms with E-state index in [0.29, 0.717) is 5.69 Å². The molecule has 0 saturated heterocycles. The van der Waals surface area contributed by atoms with Crippen LogP contribution >= 0.6 is 0 Å². The van der Waals surface area contributed by atoms with Gasteiger partial charge in [-0.25, -0.2) is 4.39 Å². The summed E-state index contributed by atoms with van der Waals surface area (Å²) in [5.41, 5.74) is 7.87. The zero-order valence-corrected chi connectivity index (χ0v) is 6.11. The predicted octanol–water partition coefficient (Wildman–Crippen LogP) is -0.0253. The summed E-state index contributed by atoms with van der Waals surface area (Å²) in [6, 6.07) is 2.81. The molecule has 0 unspecified atom stereocenters. The van der Waals surface area contributed by atoms with Crippen LogP contribution in [0.3, 0.4) is 0 Å². The quantitative estimate of drug-likeness (QED) is 0.394. The average Bonchev–Trinajstić information content (AvgIpc) is 1.82. The molecule has 0 aliphatic carbocycles. The average molecular weight is 137 g/mol. The Morgan fingerprint density at radius 1 is 1.50 bits per heavy atom. The predicted molar refractivity (Wildman–Crippen MR) is 43.7 cm³/mol. The molecule has 0 radical (unpaired) electrons. The normalized spacial score (nSPS) is 9.80. The topological polar surface area (TPSA) is 26.0 Å². The van der Waals surface area contributed by atoms with E-state index in [2.05, 4.69) is 0 Å². The van der Waals surface area contributed by atoms with E-state index >= 15 is 0 Å². The van der Waals surface area contributed by atoms with Gasteiger partial charge in [-0.15, -0.1) is 0 Å². The minimum Gasteiger partial charge on any atom is -0.398 e. The fourth-order valence-electron chi connectivity index (χ4n) is 0.841. The van der Waals surface area contributed by atoms with Crippen LogP contribution in [0, 0.1) is 12.7 Å². The van der Waals surface area contributed by atoms with Crippen LogP contribution in [0.4, 0.5) is 10.1 Å². The first kappa shape index (κ1) is 7.13. The molecule has 2 N–H and O–H groups in total. The van der Waals surface area contributed by atoms with Crippen molar-refractivity contribution < 1.29 is 4.39 Å². The smallest absolute Gasteiger partial charge is 0.139 e. The third kappa shape index (κ3) is 1.13. The largest absolute Gasteiger partial charge is 0.398 e. The van der Waals surface area contributed by atoms with Crippen molar-refractivity contribution in [3.8, 4) is 0 Å². The molecule has 0 bridgehead atoms. The lowest BCUT2D eigenvalue weighted by atomic mass is 9.90. The van der Waals surface area contributed by atoms with Crippen LogP contribution in [0.15, 0.2) is 12.1 Å². The van der Waals surface area contributed by atoms with Crippen molar-refractivity contribution in [2.75, 3.05) is 5.73 Å². The zero-order chi connectivity index (χ0) is 7.72. The van der Waals surface area contributed by atoms with Gasteiger partial charge in [0, 0.05) is 5.69 Å². The molecule has 0 aromatic heterocycles. The number of nitrogens with two attached hydrogens (primary N) is 1. The Kier molecular flexibility index (Phi) is 1.66. The number of anilines is 1. The molecule has 0 heterocycles. The Morgan fingerprint density at radius 3 is 2.60 bits per heavy atom. The summed E-state index contributed by atoms with van der Waals surface area (Å²) < 4.78 is 12.5. The molecule has 0 saturated carbocycles. The SMILES string of the molecule is Bc1cc(F)cc(N)c1C. The first-order valence-corrected chi connectivity index (χ1v) is 3.13. The van der Waals surface area contributed by atoms with E-state index in [4.69, 9.17) is 5.73 Å². The van der Waals surface area contributed by atoms with Crippen molar-refractivity contribution in [3.05, 3.63) is 23.5 Å². The van der Waals surface area contributed by atoms with Gasteiger partial charge in [0.1, 0.15) is 13.7 Å². The minimum absolute atomic E-state index is 0.263. The molecule has 1 nitrogen and oxygen atoms in total. The highest BCUT2D eigenvalue weighted by atomic mass is 19.1. The third-order valence-electron chi connectivity index (χ3n) is 1.67. The summed E-state index contributed by atoms with van der Waals surface area (Å²) in [6.45, 7) is 1.88. The summed E-state index contributed by atoms with van der Waals surface area (Å²) in [5, 5.41) is 0. The molecule has 10 heavy (non-hydrogen) atoms. The van der Waals surface area contributed by atoms with Gasteiger partial charge in [0.25, 0.3) is 0 Å². The van der Waals surface area contributed by atoms with E-state index in [9.17, 15) is 4.39 Å². The van der Waals surface area contributed by atoms with E-state index in [1.54, 1.807) is 0 Å².